The molecule has 4 fully saturated rings. The fraction of sp³-hybridized carbons (Fsp3) is 0.450. The van der Waals surface area contributed by atoms with E-state index in [2.05, 4.69) is 37.6 Å². The van der Waals surface area contributed by atoms with Crippen LogP contribution in [0.2, 0.25) is 0 Å². The molecule has 0 bridgehead atoms. The maximum atomic E-state index is 17.2. The van der Waals surface area contributed by atoms with Gasteiger partial charge in [0.2, 0.25) is 5.91 Å². The van der Waals surface area contributed by atoms with Gasteiger partial charge in [-0.25, -0.2) is 8.78 Å². The lowest BCUT2D eigenvalue weighted by Crippen LogP contribution is -2.49. The standard InChI is InChI=1S/C40H43F2N7O4/c1-3-29-32(41)8-7-25-19-28(50)20-30(34(25)29)36-35(42)37-31(21-43-36)38(46-39(45-37)53-24-40-11-5-13-49(40)14-6-12-40)48-16-15-47(27-9-17-52-18-10-27)22-26(23-48)44-33(51)4-2/h1,4,7-8,19-21,26-27,50H,2,5-6,9-18,22-24H2,(H,44,51)/t26-/m1/s1. The number of nitrogens with zero attached hydrogens (tertiary/aromatic N) is 6. The Hall–Kier alpha value is -4.90. The first-order valence-corrected chi connectivity index (χ1v) is 18.4. The number of nitrogens with one attached hydrogen (secondary N) is 1. The van der Waals surface area contributed by atoms with E-state index in [4.69, 9.17) is 20.9 Å². The van der Waals surface area contributed by atoms with Crippen molar-refractivity contribution < 1.29 is 28.2 Å². The van der Waals surface area contributed by atoms with Gasteiger partial charge in [-0.15, -0.1) is 6.42 Å². The van der Waals surface area contributed by atoms with Crippen molar-refractivity contribution in [1.82, 2.24) is 30.1 Å². The SMILES string of the molecule is C#Cc1c(F)ccc2cc(O)cc(-c3ncc4c(N5CCN(C6CCOCC6)C[C@@H](NC(=O)C=C)C5)nc(OCC56CCCN5CCC6)nc4c3F)c12. The summed E-state index contributed by atoms with van der Waals surface area (Å²) in [6.07, 6.45) is 14.5. The zero-order valence-electron chi connectivity index (χ0n) is 29.6. The van der Waals surface area contributed by atoms with Gasteiger partial charge in [-0.3, -0.25) is 19.6 Å². The van der Waals surface area contributed by atoms with E-state index in [0.717, 1.165) is 51.6 Å². The van der Waals surface area contributed by atoms with Crippen molar-refractivity contribution in [3.63, 3.8) is 0 Å². The summed E-state index contributed by atoms with van der Waals surface area (Å²) in [6, 6.07) is 5.52. The zero-order chi connectivity index (χ0) is 36.7. The molecule has 6 heterocycles. The molecular weight excluding hydrogens is 680 g/mol. The lowest BCUT2D eigenvalue weighted by atomic mass is 9.95. The van der Waals surface area contributed by atoms with Crippen molar-refractivity contribution in [2.75, 3.05) is 64.0 Å². The van der Waals surface area contributed by atoms with Crippen molar-refractivity contribution in [2.24, 2.45) is 0 Å². The lowest BCUT2D eigenvalue weighted by Gasteiger charge is -2.34. The number of anilines is 1. The summed E-state index contributed by atoms with van der Waals surface area (Å²) in [5, 5.41) is 14.8. The van der Waals surface area contributed by atoms with Crippen LogP contribution in [0.3, 0.4) is 0 Å². The smallest absolute Gasteiger partial charge is 0.319 e. The van der Waals surface area contributed by atoms with Crippen LogP contribution in [-0.2, 0) is 9.53 Å². The third-order valence-corrected chi connectivity index (χ3v) is 11.5. The Balaban J connectivity index is 1.25. The summed E-state index contributed by atoms with van der Waals surface area (Å²) < 4.78 is 44.2. The molecule has 0 saturated carbocycles. The van der Waals surface area contributed by atoms with E-state index in [-0.39, 0.29) is 57.0 Å². The molecule has 4 aromatic rings. The van der Waals surface area contributed by atoms with Crippen molar-refractivity contribution in [3.8, 4) is 35.4 Å². The normalized spacial score (nSPS) is 21.0. The summed E-state index contributed by atoms with van der Waals surface area (Å²) in [5.41, 5.74) is -0.215. The van der Waals surface area contributed by atoms with Crippen LogP contribution in [0.15, 0.2) is 43.1 Å². The molecule has 53 heavy (non-hydrogen) atoms. The molecular formula is C40H43F2N7O4. The highest BCUT2D eigenvalue weighted by atomic mass is 19.1. The van der Waals surface area contributed by atoms with Crippen LogP contribution in [0.5, 0.6) is 11.8 Å². The first-order valence-electron chi connectivity index (χ1n) is 18.4. The Morgan fingerprint density at radius 3 is 2.68 bits per heavy atom. The number of hydrogen-bond acceptors (Lipinski definition) is 10. The maximum absolute atomic E-state index is 17.2. The van der Waals surface area contributed by atoms with Crippen LogP contribution in [0, 0.1) is 24.0 Å². The van der Waals surface area contributed by atoms with E-state index < -0.39 is 11.6 Å². The quantitative estimate of drug-likeness (QED) is 0.194. The Morgan fingerprint density at radius 2 is 1.92 bits per heavy atom. The summed E-state index contributed by atoms with van der Waals surface area (Å²) in [6.45, 7) is 9.63. The number of amides is 1. The van der Waals surface area contributed by atoms with E-state index in [0.29, 0.717) is 68.6 Å². The maximum Gasteiger partial charge on any atom is 0.319 e. The van der Waals surface area contributed by atoms with E-state index >= 15 is 4.39 Å². The number of rotatable bonds is 8. The summed E-state index contributed by atoms with van der Waals surface area (Å²) in [4.78, 5) is 33.7. The Labute approximate surface area is 307 Å². The first-order chi connectivity index (χ1) is 25.8. The van der Waals surface area contributed by atoms with Crippen LogP contribution < -0.4 is 15.0 Å². The minimum absolute atomic E-state index is 0.0324. The molecule has 0 spiro atoms. The number of benzene rings is 2. The van der Waals surface area contributed by atoms with Gasteiger partial charge in [0, 0.05) is 62.6 Å². The monoisotopic (exact) mass is 723 g/mol. The fourth-order valence-electron chi connectivity index (χ4n) is 8.89. The third-order valence-electron chi connectivity index (χ3n) is 11.5. The number of phenols is 1. The number of halogens is 2. The van der Waals surface area contributed by atoms with Gasteiger partial charge in [-0.2, -0.15) is 9.97 Å². The topological polar surface area (TPSA) is 116 Å². The number of phenolic OH excluding ortho intramolecular Hbond substituents is 1. The van der Waals surface area contributed by atoms with Crippen molar-refractivity contribution in [3.05, 3.63) is 60.3 Å². The number of pyridine rings is 1. The molecule has 1 amide bonds. The van der Waals surface area contributed by atoms with Crippen molar-refractivity contribution in [2.45, 2.75) is 56.1 Å². The number of hydrogen-bond donors (Lipinski definition) is 2. The van der Waals surface area contributed by atoms with Crippen molar-refractivity contribution >= 4 is 33.4 Å². The number of aromatic hydroxyl groups is 1. The van der Waals surface area contributed by atoms with E-state index in [1.807, 2.05) is 4.90 Å². The fourth-order valence-corrected chi connectivity index (χ4v) is 8.89. The molecule has 2 N–H and O–H groups in total. The van der Waals surface area contributed by atoms with Gasteiger partial charge < -0.3 is 24.8 Å². The number of ether oxygens (including phenoxy) is 2. The molecule has 2 aromatic heterocycles. The van der Waals surface area contributed by atoms with Crippen LogP contribution in [0.25, 0.3) is 32.9 Å². The van der Waals surface area contributed by atoms with E-state index in [1.54, 1.807) is 0 Å². The minimum atomic E-state index is -0.785. The van der Waals surface area contributed by atoms with E-state index in [1.165, 1.54) is 36.5 Å². The highest BCUT2D eigenvalue weighted by Gasteiger charge is 2.45. The van der Waals surface area contributed by atoms with Crippen LogP contribution in [-0.4, -0.2) is 112 Å². The first kappa shape index (κ1) is 35.1. The Bertz CT molecular complexity index is 2110. The highest BCUT2D eigenvalue weighted by Crippen LogP contribution is 2.41. The van der Waals surface area contributed by atoms with Gasteiger partial charge in [-0.05, 0) is 81.3 Å². The number of terminal acetylenes is 1. The van der Waals surface area contributed by atoms with Gasteiger partial charge >= 0.3 is 6.01 Å². The molecule has 11 nitrogen and oxygen atoms in total. The second-order valence-corrected chi connectivity index (χ2v) is 14.6. The van der Waals surface area contributed by atoms with Gasteiger partial charge in [0.25, 0.3) is 0 Å². The molecule has 2 aromatic carbocycles. The van der Waals surface area contributed by atoms with Gasteiger partial charge in [0.05, 0.1) is 22.5 Å². The average Bonchev–Trinajstić information content (AvgIpc) is 3.69. The predicted octanol–water partition coefficient (Wildman–Crippen LogP) is 4.79. The van der Waals surface area contributed by atoms with Crippen molar-refractivity contribution in [1.29, 1.82) is 0 Å². The Kier molecular flexibility index (Phi) is 9.61. The second kappa shape index (κ2) is 14.5. The molecule has 4 aliphatic heterocycles. The molecule has 4 aliphatic rings. The van der Waals surface area contributed by atoms with Gasteiger partial charge in [0.15, 0.2) is 5.82 Å². The van der Waals surface area contributed by atoms with Crippen LogP contribution in [0.4, 0.5) is 14.6 Å². The second-order valence-electron chi connectivity index (χ2n) is 14.6. The molecule has 4 saturated heterocycles. The molecule has 0 radical (unpaired) electrons. The molecule has 13 heteroatoms. The van der Waals surface area contributed by atoms with Crippen LogP contribution in [0.1, 0.15) is 44.1 Å². The minimum Gasteiger partial charge on any atom is -0.508 e. The van der Waals surface area contributed by atoms with E-state index in [9.17, 15) is 14.3 Å². The molecule has 0 aliphatic carbocycles. The van der Waals surface area contributed by atoms with Crippen LogP contribution >= 0.6 is 0 Å². The highest BCUT2D eigenvalue weighted by molar-refractivity contribution is 6.03. The number of carbonyl (C=O) groups is 1. The summed E-state index contributed by atoms with van der Waals surface area (Å²) in [5.74, 6) is 0.956. The molecule has 276 valence electrons. The predicted molar refractivity (Wildman–Crippen MR) is 198 cm³/mol. The largest absolute Gasteiger partial charge is 0.508 e. The lowest BCUT2D eigenvalue weighted by molar-refractivity contribution is -0.117. The average molecular weight is 724 g/mol. The number of fused-ring (bicyclic) bond motifs is 3. The summed E-state index contributed by atoms with van der Waals surface area (Å²) >= 11 is 0. The zero-order valence-corrected chi connectivity index (χ0v) is 29.6. The number of carbonyl (C=O) groups excluding carboxylic acids is 1. The third kappa shape index (κ3) is 6.64. The summed E-state index contributed by atoms with van der Waals surface area (Å²) in [7, 11) is 0. The van der Waals surface area contributed by atoms with Gasteiger partial charge in [0.1, 0.15) is 35.2 Å². The Morgan fingerprint density at radius 1 is 1.13 bits per heavy atom. The molecule has 1 atom stereocenters. The van der Waals surface area contributed by atoms with Gasteiger partial charge in [-0.1, -0.05) is 18.6 Å². The molecule has 8 rings (SSSR count). The number of aromatic nitrogens is 3. The molecule has 0 unspecified atom stereocenters.